The number of nitrogens with zero attached hydrogens (tertiary/aromatic N) is 2. The molecule has 1 saturated carbocycles. The fraction of sp³-hybridized carbons (Fsp3) is 0.562. The Bertz CT molecular complexity index is 638. The lowest BCUT2D eigenvalue weighted by Gasteiger charge is -2.18. The van der Waals surface area contributed by atoms with E-state index in [1.54, 1.807) is 14.2 Å². The lowest BCUT2D eigenvalue weighted by molar-refractivity contribution is 0.106. The first-order valence-electron chi connectivity index (χ1n) is 7.36. The standard InChI is InChI=1S/C16H21ClN2O2/c1-10(17)16-18-14-9-13(21-3)6-7-15(14)19(16)11-4-5-12(8-11)20-2/h6-7,9-12H,4-5,8H2,1-3H3. The topological polar surface area (TPSA) is 36.3 Å². The van der Waals surface area contributed by atoms with Crippen molar-refractivity contribution >= 4 is 22.6 Å². The zero-order chi connectivity index (χ0) is 15.0. The highest BCUT2D eigenvalue weighted by Crippen LogP contribution is 2.38. The average Bonchev–Trinajstić information content (AvgIpc) is 3.09. The van der Waals surface area contributed by atoms with Crippen LogP contribution in [-0.2, 0) is 4.74 Å². The molecular formula is C16H21ClN2O2. The third kappa shape index (κ3) is 2.62. The second kappa shape index (κ2) is 5.85. The molecule has 3 atom stereocenters. The van der Waals surface area contributed by atoms with Crippen LogP contribution in [0, 0.1) is 0 Å². The quantitative estimate of drug-likeness (QED) is 0.798. The van der Waals surface area contributed by atoms with Gasteiger partial charge in [-0.2, -0.15) is 0 Å². The fourth-order valence-electron chi connectivity index (χ4n) is 3.25. The number of hydrogen-bond acceptors (Lipinski definition) is 3. The van der Waals surface area contributed by atoms with Crippen molar-refractivity contribution in [1.29, 1.82) is 0 Å². The summed E-state index contributed by atoms with van der Waals surface area (Å²) >= 11 is 6.36. The minimum atomic E-state index is -0.120. The van der Waals surface area contributed by atoms with E-state index in [2.05, 4.69) is 10.6 Å². The SMILES string of the molecule is COc1ccc2c(c1)nc(C(C)Cl)n2C1CCC(OC)C1. The highest BCUT2D eigenvalue weighted by molar-refractivity contribution is 6.20. The van der Waals surface area contributed by atoms with Gasteiger partial charge in [0.15, 0.2) is 0 Å². The minimum absolute atomic E-state index is 0.120. The predicted molar refractivity (Wildman–Crippen MR) is 84.2 cm³/mol. The van der Waals surface area contributed by atoms with E-state index >= 15 is 0 Å². The number of benzene rings is 1. The molecule has 1 heterocycles. The van der Waals surface area contributed by atoms with E-state index in [0.717, 1.165) is 41.9 Å². The van der Waals surface area contributed by atoms with Gasteiger partial charge in [0.1, 0.15) is 11.6 Å². The number of methoxy groups -OCH3 is 2. The number of ether oxygens (including phenoxy) is 2. The molecule has 0 saturated heterocycles. The van der Waals surface area contributed by atoms with Crippen LogP contribution in [0.25, 0.3) is 11.0 Å². The van der Waals surface area contributed by atoms with E-state index in [0.29, 0.717) is 12.1 Å². The molecular weight excluding hydrogens is 288 g/mol. The largest absolute Gasteiger partial charge is 0.497 e. The molecule has 2 aromatic rings. The van der Waals surface area contributed by atoms with Crippen LogP contribution in [0.15, 0.2) is 18.2 Å². The first kappa shape index (κ1) is 14.7. The van der Waals surface area contributed by atoms with Crippen LogP contribution in [0.5, 0.6) is 5.75 Å². The molecule has 3 unspecified atom stereocenters. The summed E-state index contributed by atoms with van der Waals surface area (Å²) in [5.41, 5.74) is 2.07. The average molecular weight is 309 g/mol. The zero-order valence-corrected chi connectivity index (χ0v) is 13.4. The molecule has 3 rings (SSSR count). The van der Waals surface area contributed by atoms with E-state index in [9.17, 15) is 0 Å². The summed E-state index contributed by atoms with van der Waals surface area (Å²) in [6.07, 6.45) is 3.55. The van der Waals surface area contributed by atoms with Gasteiger partial charge in [0, 0.05) is 19.2 Å². The second-order valence-electron chi connectivity index (χ2n) is 5.64. The Morgan fingerprint density at radius 1 is 1.33 bits per heavy atom. The summed E-state index contributed by atoms with van der Waals surface area (Å²) < 4.78 is 13.1. The van der Waals surface area contributed by atoms with Crippen LogP contribution < -0.4 is 4.74 Å². The molecule has 1 aliphatic rings. The summed E-state index contributed by atoms with van der Waals surface area (Å²) in [6.45, 7) is 1.97. The lowest BCUT2D eigenvalue weighted by Crippen LogP contribution is -2.12. The monoisotopic (exact) mass is 308 g/mol. The number of imidazole rings is 1. The first-order valence-corrected chi connectivity index (χ1v) is 7.80. The molecule has 0 aliphatic heterocycles. The lowest BCUT2D eigenvalue weighted by atomic mass is 10.2. The molecule has 0 spiro atoms. The van der Waals surface area contributed by atoms with Crippen molar-refractivity contribution in [3.8, 4) is 5.75 Å². The van der Waals surface area contributed by atoms with Gasteiger partial charge in [0.2, 0.25) is 0 Å². The smallest absolute Gasteiger partial charge is 0.127 e. The van der Waals surface area contributed by atoms with Gasteiger partial charge in [-0.25, -0.2) is 4.98 Å². The molecule has 1 aromatic carbocycles. The van der Waals surface area contributed by atoms with Crippen molar-refractivity contribution in [1.82, 2.24) is 9.55 Å². The van der Waals surface area contributed by atoms with E-state index in [1.165, 1.54) is 0 Å². The molecule has 1 aliphatic carbocycles. The molecule has 0 N–H and O–H groups in total. The highest BCUT2D eigenvalue weighted by atomic mass is 35.5. The van der Waals surface area contributed by atoms with Gasteiger partial charge in [-0.3, -0.25) is 0 Å². The van der Waals surface area contributed by atoms with Crippen LogP contribution in [-0.4, -0.2) is 29.9 Å². The maximum atomic E-state index is 6.36. The maximum Gasteiger partial charge on any atom is 0.127 e. The van der Waals surface area contributed by atoms with E-state index in [1.807, 2.05) is 19.1 Å². The normalized spacial score (nSPS) is 23.6. The third-order valence-electron chi connectivity index (χ3n) is 4.34. The number of aromatic nitrogens is 2. The summed E-state index contributed by atoms with van der Waals surface area (Å²) in [4.78, 5) is 4.73. The number of halogens is 1. The van der Waals surface area contributed by atoms with Crippen molar-refractivity contribution in [3.05, 3.63) is 24.0 Å². The van der Waals surface area contributed by atoms with Crippen LogP contribution in [0.1, 0.15) is 43.4 Å². The van der Waals surface area contributed by atoms with E-state index < -0.39 is 0 Å². The summed E-state index contributed by atoms with van der Waals surface area (Å²) in [6, 6.07) is 6.43. The van der Waals surface area contributed by atoms with Crippen LogP contribution >= 0.6 is 11.6 Å². The van der Waals surface area contributed by atoms with Crippen LogP contribution in [0.3, 0.4) is 0 Å². The molecule has 4 nitrogen and oxygen atoms in total. The molecule has 21 heavy (non-hydrogen) atoms. The maximum absolute atomic E-state index is 6.36. The first-order chi connectivity index (χ1) is 10.1. The van der Waals surface area contributed by atoms with Crippen molar-refractivity contribution in [2.75, 3.05) is 14.2 Å². The van der Waals surface area contributed by atoms with Crippen molar-refractivity contribution < 1.29 is 9.47 Å². The predicted octanol–water partition coefficient (Wildman–Crippen LogP) is 4.08. The van der Waals surface area contributed by atoms with Crippen molar-refractivity contribution in [2.45, 2.75) is 43.7 Å². The van der Waals surface area contributed by atoms with Gasteiger partial charge in [0.25, 0.3) is 0 Å². The number of alkyl halides is 1. The van der Waals surface area contributed by atoms with Crippen molar-refractivity contribution in [2.24, 2.45) is 0 Å². The summed E-state index contributed by atoms with van der Waals surface area (Å²) in [5, 5.41) is -0.120. The Balaban J connectivity index is 2.08. The number of rotatable bonds is 4. The van der Waals surface area contributed by atoms with E-state index in [4.69, 9.17) is 26.1 Å². The summed E-state index contributed by atoms with van der Waals surface area (Å²) in [7, 11) is 3.46. The van der Waals surface area contributed by atoms with Gasteiger partial charge >= 0.3 is 0 Å². The molecule has 5 heteroatoms. The van der Waals surface area contributed by atoms with Gasteiger partial charge < -0.3 is 14.0 Å². The second-order valence-corrected chi connectivity index (χ2v) is 6.29. The van der Waals surface area contributed by atoms with Gasteiger partial charge in [-0.05, 0) is 38.3 Å². The van der Waals surface area contributed by atoms with Crippen LogP contribution in [0.4, 0.5) is 0 Å². The number of fused-ring (bicyclic) bond motifs is 1. The highest BCUT2D eigenvalue weighted by Gasteiger charge is 2.29. The molecule has 1 aromatic heterocycles. The van der Waals surface area contributed by atoms with Gasteiger partial charge in [0.05, 0.1) is 29.6 Å². The Labute approximate surface area is 130 Å². The fourth-order valence-corrected chi connectivity index (χ4v) is 3.41. The van der Waals surface area contributed by atoms with Crippen LogP contribution in [0.2, 0.25) is 0 Å². The third-order valence-corrected chi connectivity index (χ3v) is 4.53. The minimum Gasteiger partial charge on any atom is -0.497 e. The molecule has 114 valence electrons. The zero-order valence-electron chi connectivity index (χ0n) is 12.7. The van der Waals surface area contributed by atoms with Gasteiger partial charge in [-0.15, -0.1) is 11.6 Å². The Kier molecular flexibility index (Phi) is 4.09. The Morgan fingerprint density at radius 3 is 2.76 bits per heavy atom. The molecule has 0 amide bonds. The number of hydrogen-bond donors (Lipinski definition) is 0. The Hall–Kier alpha value is -1.26. The van der Waals surface area contributed by atoms with E-state index in [-0.39, 0.29) is 5.38 Å². The molecule has 0 bridgehead atoms. The molecule has 0 radical (unpaired) electrons. The van der Waals surface area contributed by atoms with Crippen molar-refractivity contribution in [3.63, 3.8) is 0 Å². The van der Waals surface area contributed by atoms with Gasteiger partial charge in [-0.1, -0.05) is 0 Å². The summed E-state index contributed by atoms with van der Waals surface area (Å²) in [5.74, 6) is 1.75. The molecule has 1 fully saturated rings. The Morgan fingerprint density at radius 2 is 2.14 bits per heavy atom.